The number of amides is 1. The summed E-state index contributed by atoms with van der Waals surface area (Å²) in [5, 5.41) is 13.5. The quantitative estimate of drug-likeness (QED) is 0.618. The molecule has 1 amide bonds. The van der Waals surface area contributed by atoms with Crippen molar-refractivity contribution in [1.82, 2.24) is 20.1 Å². The van der Waals surface area contributed by atoms with E-state index >= 15 is 0 Å². The maximum absolute atomic E-state index is 12.3. The van der Waals surface area contributed by atoms with Gasteiger partial charge in [-0.1, -0.05) is 18.2 Å². The van der Waals surface area contributed by atoms with Crippen LogP contribution in [-0.4, -0.2) is 51.3 Å². The maximum Gasteiger partial charge on any atom is 0.247 e. The number of morpholine rings is 1. The van der Waals surface area contributed by atoms with Crippen LogP contribution in [-0.2, 0) is 22.5 Å². The first-order valence-electron chi connectivity index (χ1n) is 10.0. The summed E-state index contributed by atoms with van der Waals surface area (Å²) in [6.07, 6.45) is 1.08. The number of anilines is 1. The third kappa shape index (κ3) is 5.50. The molecule has 3 heterocycles. The maximum atomic E-state index is 12.3. The summed E-state index contributed by atoms with van der Waals surface area (Å²) in [5.41, 5.74) is 1.82. The average Bonchev–Trinajstić information content (AvgIpc) is 3.36. The van der Waals surface area contributed by atoms with Gasteiger partial charge in [-0.15, -0.1) is 21.5 Å². The van der Waals surface area contributed by atoms with Crippen molar-refractivity contribution in [3.05, 3.63) is 47.3 Å². The standard InChI is InChI=1S/C21H25N5O3S/c1-14-10-26(11-15(2)28-14)12-17-13-30-21(22-17)23-18(27)8-9-19-24-25-20(29-19)16-6-4-3-5-7-16/h3-7,13-15H,8-12H2,1-2H3,(H,22,23,27). The molecule has 1 aliphatic heterocycles. The van der Waals surface area contributed by atoms with E-state index in [1.165, 1.54) is 11.3 Å². The lowest BCUT2D eigenvalue weighted by Crippen LogP contribution is -2.44. The third-order valence-corrected chi connectivity index (χ3v) is 5.54. The van der Waals surface area contributed by atoms with Crippen LogP contribution in [0.1, 0.15) is 31.9 Å². The van der Waals surface area contributed by atoms with Crippen LogP contribution in [0.2, 0.25) is 0 Å². The van der Waals surface area contributed by atoms with Gasteiger partial charge in [0.05, 0.1) is 17.9 Å². The first-order chi connectivity index (χ1) is 14.5. The van der Waals surface area contributed by atoms with Crippen LogP contribution >= 0.6 is 11.3 Å². The molecular formula is C21H25N5O3S. The van der Waals surface area contributed by atoms with Gasteiger partial charge in [-0.2, -0.15) is 0 Å². The summed E-state index contributed by atoms with van der Waals surface area (Å²) >= 11 is 1.44. The number of carbonyl (C=O) groups is 1. The van der Waals surface area contributed by atoms with Crippen LogP contribution < -0.4 is 5.32 Å². The zero-order valence-corrected chi connectivity index (χ0v) is 17.9. The molecule has 0 radical (unpaired) electrons. The Morgan fingerprint density at radius 1 is 1.20 bits per heavy atom. The third-order valence-electron chi connectivity index (χ3n) is 4.73. The van der Waals surface area contributed by atoms with Gasteiger partial charge in [0.1, 0.15) is 0 Å². The fraction of sp³-hybridized carbons (Fsp3) is 0.429. The van der Waals surface area contributed by atoms with Crippen LogP contribution in [0.4, 0.5) is 5.13 Å². The Balaban J connectivity index is 1.25. The summed E-state index contributed by atoms with van der Waals surface area (Å²) in [4.78, 5) is 19.2. The smallest absolute Gasteiger partial charge is 0.247 e. The molecule has 3 aromatic rings. The molecule has 1 aliphatic rings. The van der Waals surface area contributed by atoms with Gasteiger partial charge in [0.25, 0.3) is 0 Å². The van der Waals surface area contributed by atoms with E-state index in [1.807, 2.05) is 35.7 Å². The number of nitrogens with one attached hydrogen (secondary N) is 1. The van der Waals surface area contributed by atoms with Crippen LogP contribution in [0.15, 0.2) is 40.1 Å². The van der Waals surface area contributed by atoms with Crippen molar-refractivity contribution in [3.63, 3.8) is 0 Å². The second-order valence-electron chi connectivity index (χ2n) is 7.51. The Kier molecular flexibility index (Phi) is 6.51. The lowest BCUT2D eigenvalue weighted by atomic mass is 10.2. The summed E-state index contributed by atoms with van der Waals surface area (Å²) in [6.45, 7) is 6.70. The molecular weight excluding hydrogens is 402 g/mol. The topological polar surface area (TPSA) is 93.4 Å². The minimum absolute atomic E-state index is 0.121. The molecule has 0 spiro atoms. The number of carbonyl (C=O) groups excluding carboxylic acids is 1. The zero-order chi connectivity index (χ0) is 20.9. The van der Waals surface area contributed by atoms with Crippen molar-refractivity contribution in [1.29, 1.82) is 0 Å². The Bertz CT molecular complexity index is 964. The highest BCUT2D eigenvalue weighted by molar-refractivity contribution is 7.13. The molecule has 8 nitrogen and oxygen atoms in total. The Morgan fingerprint density at radius 3 is 2.73 bits per heavy atom. The molecule has 2 atom stereocenters. The van der Waals surface area contributed by atoms with Crippen molar-refractivity contribution in [3.8, 4) is 11.5 Å². The van der Waals surface area contributed by atoms with E-state index in [0.29, 0.717) is 23.3 Å². The van der Waals surface area contributed by atoms with E-state index in [9.17, 15) is 4.79 Å². The minimum atomic E-state index is -0.121. The van der Waals surface area contributed by atoms with Crippen molar-refractivity contribution >= 4 is 22.4 Å². The monoisotopic (exact) mass is 427 g/mol. The largest absolute Gasteiger partial charge is 0.421 e. The highest BCUT2D eigenvalue weighted by Crippen LogP contribution is 2.20. The highest BCUT2D eigenvalue weighted by Gasteiger charge is 2.22. The molecule has 0 bridgehead atoms. The predicted octanol–water partition coefficient (Wildman–Crippen LogP) is 3.37. The van der Waals surface area contributed by atoms with Gasteiger partial charge in [0, 0.05) is 43.4 Å². The number of aryl methyl sites for hydroxylation is 1. The molecule has 1 saturated heterocycles. The van der Waals surface area contributed by atoms with Crippen molar-refractivity contribution in [2.45, 2.75) is 45.4 Å². The van der Waals surface area contributed by atoms with Gasteiger partial charge in [-0.3, -0.25) is 9.69 Å². The number of benzene rings is 1. The molecule has 0 saturated carbocycles. The van der Waals surface area contributed by atoms with Gasteiger partial charge in [-0.25, -0.2) is 4.98 Å². The molecule has 1 N–H and O–H groups in total. The van der Waals surface area contributed by atoms with Crippen LogP contribution in [0, 0.1) is 0 Å². The number of thiazole rings is 1. The Hall–Kier alpha value is -2.62. The number of hydrogen-bond donors (Lipinski definition) is 1. The molecule has 1 fully saturated rings. The van der Waals surface area contributed by atoms with Crippen LogP contribution in [0.3, 0.4) is 0 Å². The van der Waals surface area contributed by atoms with E-state index in [-0.39, 0.29) is 24.5 Å². The molecule has 158 valence electrons. The van der Waals surface area contributed by atoms with Gasteiger partial charge < -0.3 is 14.5 Å². The second-order valence-corrected chi connectivity index (χ2v) is 8.37. The fourth-order valence-corrected chi connectivity index (χ4v) is 4.25. The lowest BCUT2D eigenvalue weighted by Gasteiger charge is -2.34. The molecule has 4 rings (SSSR count). The number of rotatable bonds is 7. The Labute approximate surface area is 179 Å². The van der Waals surface area contributed by atoms with Crippen molar-refractivity contribution < 1.29 is 13.9 Å². The van der Waals surface area contributed by atoms with Crippen molar-refractivity contribution in [2.24, 2.45) is 0 Å². The normalized spacial score (nSPS) is 19.7. The highest BCUT2D eigenvalue weighted by atomic mass is 32.1. The first kappa shape index (κ1) is 20.6. The average molecular weight is 428 g/mol. The molecule has 1 aromatic carbocycles. The minimum Gasteiger partial charge on any atom is -0.421 e. The fourth-order valence-electron chi connectivity index (χ4n) is 3.53. The van der Waals surface area contributed by atoms with Gasteiger partial charge in [0.2, 0.25) is 17.7 Å². The van der Waals surface area contributed by atoms with E-state index in [1.54, 1.807) is 0 Å². The zero-order valence-electron chi connectivity index (χ0n) is 17.1. The summed E-state index contributed by atoms with van der Waals surface area (Å²) in [6, 6.07) is 9.56. The van der Waals surface area contributed by atoms with Gasteiger partial charge in [0.15, 0.2) is 5.13 Å². The number of hydrogen-bond acceptors (Lipinski definition) is 8. The van der Waals surface area contributed by atoms with E-state index in [2.05, 4.69) is 39.2 Å². The summed E-state index contributed by atoms with van der Waals surface area (Å²) in [5.74, 6) is 0.783. The van der Waals surface area contributed by atoms with E-state index in [0.717, 1.165) is 30.9 Å². The van der Waals surface area contributed by atoms with Gasteiger partial charge in [-0.05, 0) is 26.0 Å². The van der Waals surface area contributed by atoms with Crippen molar-refractivity contribution in [2.75, 3.05) is 18.4 Å². The number of ether oxygens (including phenoxy) is 1. The summed E-state index contributed by atoms with van der Waals surface area (Å²) < 4.78 is 11.4. The number of aromatic nitrogens is 3. The molecule has 2 unspecified atom stereocenters. The number of nitrogens with zero attached hydrogens (tertiary/aromatic N) is 4. The molecule has 30 heavy (non-hydrogen) atoms. The SMILES string of the molecule is CC1CN(Cc2csc(NC(=O)CCc3nnc(-c4ccccc4)o3)n2)CC(C)O1. The molecule has 0 aliphatic carbocycles. The predicted molar refractivity (Wildman–Crippen MR) is 114 cm³/mol. The Morgan fingerprint density at radius 2 is 1.97 bits per heavy atom. The molecule has 2 aromatic heterocycles. The molecule has 9 heteroatoms. The van der Waals surface area contributed by atoms with E-state index in [4.69, 9.17) is 9.15 Å². The summed E-state index contributed by atoms with van der Waals surface area (Å²) in [7, 11) is 0. The van der Waals surface area contributed by atoms with Crippen LogP contribution in [0.5, 0.6) is 0 Å². The first-order valence-corrected chi connectivity index (χ1v) is 10.9. The van der Waals surface area contributed by atoms with Crippen LogP contribution in [0.25, 0.3) is 11.5 Å². The van der Waals surface area contributed by atoms with E-state index < -0.39 is 0 Å². The van der Waals surface area contributed by atoms with Gasteiger partial charge >= 0.3 is 0 Å². The lowest BCUT2D eigenvalue weighted by molar-refractivity contribution is -0.116. The second kappa shape index (κ2) is 9.46.